The van der Waals surface area contributed by atoms with Crippen molar-refractivity contribution in [3.05, 3.63) is 64.5 Å². The number of aryl methyl sites for hydroxylation is 2. The van der Waals surface area contributed by atoms with Crippen molar-refractivity contribution in [2.45, 2.75) is 76.9 Å². The molecule has 48 heavy (non-hydrogen) atoms. The zero-order valence-electron chi connectivity index (χ0n) is 28.8. The summed E-state index contributed by atoms with van der Waals surface area (Å²) in [6.45, 7) is 11.5. The third-order valence-corrected chi connectivity index (χ3v) is 12.7. The Balaban J connectivity index is 1.08. The van der Waals surface area contributed by atoms with E-state index in [0.29, 0.717) is 62.1 Å². The Hall–Kier alpha value is -3.53. The summed E-state index contributed by atoms with van der Waals surface area (Å²) in [6.07, 6.45) is 6.39. The van der Waals surface area contributed by atoms with Gasteiger partial charge in [-0.25, -0.2) is 22.5 Å². The highest BCUT2D eigenvalue weighted by Crippen LogP contribution is 2.38. The van der Waals surface area contributed by atoms with Crippen LogP contribution in [0.3, 0.4) is 0 Å². The van der Waals surface area contributed by atoms with Crippen LogP contribution in [0.2, 0.25) is 0 Å². The molecule has 6 rings (SSSR count). The largest absolute Gasteiger partial charge is 0.338 e. The van der Waals surface area contributed by atoms with Gasteiger partial charge < -0.3 is 14.7 Å². The quantitative estimate of drug-likeness (QED) is 0.432. The summed E-state index contributed by atoms with van der Waals surface area (Å²) in [5, 5.41) is 9.25. The number of aromatic nitrogens is 1. The van der Waals surface area contributed by atoms with Crippen LogP contribution in [-0.2, 0) is 10.0 Å². The zero-order valence-corrected chi connectivity index (χ0v) is 29.6. The Morgan fingerprint density at radius 3 is 2.23 bits per heavy atom. The third-order valence-electron chi connectivity index (χ3n) is 11.4. The van der Waals surface area contributed by atoms with E-state index in [9.17, 15) is 23.3 Å². The molecular weight excluding hydrogens is 627 g/mol. The first kappa shape index (κ1) is 34.3. The lowest BCUT2D eigenvalue weighted by molar-refractivity contribution is 0.00490. The van der Waals surface area contributed by atoms with E-state index in [0.717, 1.165) is 62.7 Å². The number of rotatable bonds is 7. The van der Waals surface area contributed by atoms with Gasteiger partial charge in [0.2, 0.25) is 10.0 Å². The number of amides is 3. The van der Waals surface area contributed by atoms with E-state index in [1.165, 1.54) is 6.26 Å². The number of carbonyl (C=O) groups is 2. The highest BCUT2D eigenvalue weighted by atomic mass is 32.2. The molecule has 0 N–H and O–H groups in total. The van der Waals surface area contributed by atoms with Crippen LogP contribution in [0.25, 0.3) is 0 Å². The molecule has 0 spiro atoms. The van der Waals surface area contributed by atoms with Gasteiger partial charge in [-0.2, -0.15) is 5.26 Å². The lowest BCUT2D eigenvalue weighted by Crippen LogP contribution is -2.58. The molecular formula is C36H49N7O4S. The second kappa shape index (κ2) is 13.8. The number of likely N-dealkylation sites (tertiary alicyclic amines) is 2. The molecule has 0 bridgehead atoms. The van der Waals surface area contributed by atoms with Crippen molar-refractivity contribution in [2.24, 2.45) is 5.92 Å². The molecule has 258 valence electrons. The Morgan fingerprint density at radius 1 is 1.00 bits per heavy atom. The minimum Gasteiger partial charge on any atom is -0.338 e. The Labute approximate surface area is 285 Å². The fraction of sp³-hybridized carbons (Fsp3) is 0.611. The van der Waals surface area contributed by atoms with Crippen molar-refractivity contribution in [1.29, 1.82) is 5.26 Å². The number of hydrogen-bond donors (Lipinski definition) is 0. The first-order valence-electron chi connectivity index (χ1n) is 17.4. The Kier molecular flexibility index (Phi) is 9.85. The molecule has 4 aliphatic rings. The molecule has 3 amide bonds. The average Bonchev–Trinajstić information content (AvgIpc) is 3.40. The number of sulfonamides is 1. The van der Waals surface area contributed by atoms with E-state index < -0.39 is 10.0 Å². The van der Waals surface area contributed by atoms with Gasteiger partial charge in [-0.15, -0.1) is 0 Å². The van der Waals surface area contributed by atoms with Gasteiger partial charge in [0.1, 0.15) is 11.8 Å². The van der Waals surface area contributed by atoms with E-state index in [4.69, 9.17) is 0 Å². The lowest BCUT2D eigenvalue weighted by Gasteiger charge is -2.50. The van der Waals surface area contributed by atoms with E-state index in [1.54, 1.807) is 17.3 Å². The fourth-order valence-electron chi connectivity index (χ4n) is 8.47. The first-order chi connectivity index (χ1) is 22.9. The van der Waals surface area contributed by atoms with Crippen molar-refractivity contribution in [3.63, 3.8) is 0 Å². The number of carbonyl (C=O) groups excluding carboxylic acids is 2. The predicted molar refractivity (Wildman–Crippen MR) is 184 cm³/mol. The van der Waals surface area contributed by atoms with Crippen molar-refractivity contribution < 1.29 is 18.0 Å². The van der Waals surface area contributed by atoms with Crippen LogP contribution < -0.4 is 0 Å². The normalized spacial score (nSPS) is 23.4. The van der Waals surface area contributed by atoms with Gasteiger partial charge in [0.15, 0.2) is 0 Å². The topological polar surface area (TPSA) is 121 Å². The standard InChI is InChI=1S/C36H49N7O4S/c1-26-22-30(23-37)38-27(2)33(26)34(44)39-20-14-36(3,15-21-39)41-16-12-31(13-17-41)43-32(29-8-6-5-7-9-29)25-40(35(43)45)24-28-10-18-42(19-11-28)48(4,46)47/h5-9,22,28,31-32H,10-21,24-25H2,1-4H3/t32-/m0/s1. The zero-order chi connectivity index (χ0) is 34.2. The van der Waals surface area contributed by atoms with E-state index >= 15 is 0 Å². The van der Waals surface area contributed by atoms with Crippen molar-refractivity contribution in [2.75, 3.05) is 58.6 Å². The monoisotopic (exact) mass is 675 g/mol. The number of pyridine rings is 1. The number of benzene rings is 1. The molecule has 0 saturated carbocycles. The van der Waals surface area contributed by atoms with Gasteiger partial charge in [-0.05, 0) is 82.4 Å². The maximum absolute atomic E-state index is 14.1. The summed E-state index contributed by atoms with van der Waals surface area (Å²) < 4.78 is 25.6. The van der Waals surface area contributed by atoms with Crippen molar-refractivity contribution in [1.82, 2.24) is 28.9 Å². The highest BCUT2D eigenvalue weighted by Gasteiger charge is 2.46. The third kappa shape index (κ3) is 6.96. The molecule has 4 fully saturated rings. The maximum atomic E-state index is 14.1. The summed E-state index contributed by atoms with van der Waals surface area (Å²) in [5.74, 6) is 0.289. The fourth-order valence-corrected chi connectivity index (χ4v) is 9.35. The highest BCUT2D eigenvalue weighted by molar-refractivity contribution is 7.88. The van der Waals surface area contributed by atoms with Gasteiger partial charge in [-0.1, -0.05) is 30.3 Å². The average molecular weight is 676 g/mol. The molecule has 2 aromatic rings. The smallest absolute Gasteiger partial charge is 0.320 e. The summed E-state index contributed by atoms with van der Waals surface area (Å²) in [7, 11) is -3.18. The van der Waals surface area contributed by atoms with Crippen LogP contribution in [0.1, 0.15) is 84.4 Å². The molecule has 0 unspecified atom stereocenters. The number of nitriles is 1. The number of urea groups is 1. The molecule has 12 heteroatoms. The van der Waals surface area contributed by atoms with Crippen LogP contribution in [0, 0.1) is 31.1 Å². The van der Waals surface area contributed by atoms with Crippen LogP contribution in [0.4, 0.5) is 4.79 Å². The molecule has 1 aromatic carbocycles. The van der Waals surface area contributed by atoms with Crippen molar-refractivity contribution in [3.8, 4) is 6.07 Å². The summed E-state index contributed by atoms with van der Waals surface area (Å²) >= 11 is 0. The van der Waals surface area contributed by atoms with Gasteiger partial charge >= 0.3 is 6.03 Å². The second-order valence-corrected chi connectivity index (χ2v) is 16.5. The molecule has 0 aliphatic carbocycles. The SMILES string of the molecule is Cc1cc(C#N)nc(C)c1C(=O)N1CCC(C)(N2CCC(N3C(=O)N(CC4CCN(S(C)(=O)=O)CC4)C[C@H]3c3ccccc3)CC2)CC1. The summed E-state index contributed by atoms with van der Waals surface area (Å²) in [5.41, 5.74) is 3.48. The predicted octanol–water partition coefficient (Wildman–Crippen LogP) is 4.18. The molecule has 4 saturated heterocycles. The molecule has 1 atom stereocenters. The van der Waals surface area contributed by atoms with Crippen LogP contribution >= 0.6 is 0 Å². The Bertz CT molecular complexity index is 1630. The van der Waals surface area contributed by atoms with Crippen molar-refractivity contribution >= 4 is 22.0 Å². The molecule has 1 aromatic heterocycles. The number of hydrogen-bond acceptors (Lipinski definition) is 7. The maximum Gasteiger partial charge on any atom is 0.320 e. The second-order valence-electron chi connectivity index (χ2n) is 14.5. The number of piperidine rings is 3. The number of nitrogens with zero attached hydrogens (tertiary/aromatic N) is 7. The molecule has 0 radical (unpaired) electrons. The van der Waals surface area contributed by atoms with E-state index in [1.807, 2.05) is 34.9 Å². The molecule has 11 nitrogen and oxygen atoms in total. The summed E-state index contributed by atoms with van der Waals surface area (Å²) in [6, 6.07) is 14.4. The van der Waals surface area contributed by atoms with Crippen LogP contribution in [0.15, 0.2) is 36.4 Å². The van der Waals surface area contributed by atoms with Crippen LogP contribution in [-0.4, -0.2) is 119 Å². The van der Waals surface area contributed by atoms with E-state index in [2.05, 4.69) is 39.9 Å². The summed E-state index contributed by atoms with van der Waals surface area (Å²) in [4.78, 5) is 40.6. The van der Waals surface area contributed by atoms with Gasteiger partial charge in [-0.3, -0.25) is 9.69 Å². The molecule has 5 heterocycles. The Morgan fingerprint density at radius 2 is 1.65 bits per heavy atom. The minimum absolute atomic E-state index is 0.000162. The molecule has 4 aliphatic heterocycles. The minimum atomic E-state index is -3.18. The lowest BCUT2D eigenvalue weighted by atomic mass is 9.85. The van der Waals surface area contributed by atoms with Gasteiger partial charge in [0, 0.05) is 63.9 Å². The van der Waals surface area contributed by atoms with E-state index in [-0.39, 0.29) is 29.6 Å². The van der Waals surface area contributed by atoms with Gasteiger partial charge in [0.05, 0.1) is 23.6 Å². The van der Waals surface area contributed by atoms with Gasteiger partial charge in [0.25, 0.3) is 5.91 Å². The van der Waals surface area contributed by atoms with Crippen LogP contribution in [0.5, 0.6) is 0 Å². The first-order valence-corrected chi connectivity index (χ1v) is 19.2.